The summed E-state index contributed by atoms with van der Waals surface area (Å²) in [4.78, 5) is 13.1. The van der Waals surface area contributed by atoms with Crippen molar-refractivity contribution in [3.8, 4) is 0 Å². The van der Waals surface area contributed by atoms with Gasteiger partial charge < -0.3 is 10.0 Å². The monoisotopic (exact) mass is 227 g/mol. The van der Waals surface area contributed by atoms with Gasteiger partial charge in [-0.3, -0.25) is 0 Å². The van der Waals surface area contributed by atoms with Gasteiger partial charge in [0, 0.05) is 13.0 Å². The molecule has 0 amide bonds. The first-order chi connectivity index (χ1) is 7.35. The van der Waals surface area contributed by atoms with E-state index in [4.69, 9.17) is 5.11 Å². The predicted octanol–water partition coefficient (Wildman–Crippen LogP) is -0.403. The molecule has 1 N–H and O–H groups in total. The number of rotatable bonds is 5. The Hall–Kier alpha value is -1.50. The van der Waals surface area contributed by atoms with Gasteiger partial charge in [0.25, 0.3) is 0 Å². The van der Waals surface area contributed by atoms with Crippen LogP contribution in [0.1, 0.15) is 19.7 Å². The second-order valence-electron chi connectivity index (χ2n) is 4.42. The largest absolute Gasteiger partial charge is 0.479 e. The molecule has 0 aliphatic heterocycles. The Labute approximate surface area is 94.0 Å². The van der Waals surface area contributed by atoms with E-state index in [2.05, 4.69) is 15.5 Å². The van der Waals surface area contributed by atoms with E-state index in [-0.39, 0.29) is 0 Å². The van der Waals surface area contributed by atoms with E-state index in [0.717, 1.165) is 6.54 Å². The van der Waals surface area contributed by atoms with E-state index in [9.17, 15) is 4.79 Å². The lowest BCUT2D eigenvalue weighted by Crippen LogP contribution is -2.38. The van der Waals surface area contributed by atoms with Crippen LogP contribution in [0.5, 0.6) is 0 Å². The van der Waals surface area contributed by atoms with Crippen LogP contribution >= 0.6 is 0 Å². The van der Waals surface area contributed by atoms with Crippen molar-refractivity contribution in [1.82, 2.24) is 25.1 Å². The Balaban J connectivity index is 2.90. The summed E-state index contributed by atoms with van der Waals surface area (Å²) < 4.78 is 1.36. The SMILES string of the molecule is CN(C)CCc1nnnn1C(C)(C)C(=O)O. The van der Waals surface area contributed by atoms with Crippen molar-refractivity contribution in [2.45, 2.75) is 25.8 Å². The molecule has 1 aromatic rings. The van der Waals surface area contributed by atoms with Crippen LogP contribution < -0.4 is 0 Å². The molecular formula is C9H17N5O2. The van der Waals surface area contributed by atoms with Gasteiger partial charge >= 0.3 is 5.97 Å². The van der Waals surface area contributed by atoms with Crippen molar-refractivity contribution < 1.29 is 9.90 Å². The van der Waals surface area contributed by atoms with Crippen molar-refractivity contribution in [2.75, 3.05) is 20.6 Å². The van der Waals surface area contributed by atoms with E-state index in [1.807, 2.05) is 19.0 Å². The maximum atomic E-state index is 11.1. The quantitative estimate of drug-likeness (QED) is 0.736. The second-order valence-corrected chi connectivity index (χ2v) is 4.42. The molecule has 0 aliphatic rings. The van der Waals surface area contributed by atoms with Gasteiger partial charge in [-0.15, -0.1) is 5.10 Å². The molecule has 90 valence electrons. The van der Waals surface area contributed by atoms with Crippen molar-refractivity contribution in [1.29, 1.82) is 0 Å². The summed E-state index contributed by atoms with van der Waals surface area (Å²) in [6.45, 7) is 3.92. The number of hydrogen-bond donors (Lipinski definition) is 1. The molecule has 1 heterocycles. The first-order valence-corrected chi connectivity index (χ1v) is 5.01. The van der Waals surface area contributed by atoms with E-state index >= 15 is 0 Å². The Morgan fingerprint density at radius 1 is 1.50 bits per heavy atom. The summed E-state index contributed by atoms with van der Waals surface area (Å²) in [6.07, 6.45) is 0.622. The average molecular weight is 227 g/mol. The molecule has 0 fully saturated rings. The third-order valence-electron chi connectivity index (χ3n) is 2.37. The molecule has 0 radical (unpaired) electrons. The van der Waals surface area contributed by atoms with Crippen molar-refractivity contribution in [3.63, 3.8) is 0 Å². The lowest BCUT2D eigenvalue weighted by atomic mass is 10.1. The van der Waals surface area contributed by atoms with Crippen LogP contribution in [0.2, 0.25) is 0 Å². The normalized spacial score (nSPS) is 12.1. The summed E-state index contributed by atoms with van der Waals surface area (Å²) in [5.41, 5.74) is -1.12. The summed E-state index contributed by atoms with van der Waals surface area (Å²) >= 11 is 0. The fourth-order valence-corrected chi connectivity index (χ4v) is 1.21. The highest BCUT2D eigenvalue weighted by Gasteiger charge is 2.33. The smallest absolute Gasteiger partial charge is 0.331 e. The molecule has 7 nitrogen and oxygen atoms in total. The fourth-order valence-electron chi connectivity index (χ4n) is 1.21. The van der Waals surface area contributed by atoms with Gasteiger partial charge in [-0.25, -0.2) is 9.48 Å². The number of carboxylic acid groups (broad SMARTS) is 1. The highest BCUT2D eigenvalue weighted by atomic mass is 16.4. The first-order valence-electron chi connectivity index (χ1n) is 5.01. The van der Waals surface area contributed by atoms with Crippen LogP contribution in [0, 0.1) is 0 Å². The molecule has 0 saturated carbocycles. The van der Waals surface area contributed by atoms with Crippen molar-refractivity contribution >= 4 is 5.97 Å². The minimum absolute atomic E-state index is 0.584. The van der Waals surface area contributed by atoms with Crippen LogP contribution in [-0.2, 0) is 16.8 Å². The van der Waals surface area contributed by atoms with Gasteiger partial charge in [0.15, 0.2) is 11.4 Å². The Kier molecular flexibility index (Phi) is 3.58. The maximum Gasteiger partial charge on any atom is 0.331 e. The van der Waals surface area contributed by atoms with Gasteiger partial charge in [0.1, 0.15) is 0 Å². The minimum Gasteiger partial charge on any atom is -0.479 e. The molecule has 0 unspecified atom stereocenters. The van der Waals surface area contributed by atoms with Gasteiger partial charge in [0.05, 0.1) is 0 Å². The summed E-state index contributed by atoms with van der Waals surface area (Å²) in [6, 6.07) is 0. The molecule has 7 heteroatoms. The zero-order chi connectivity index (χ0) is 12.3. The van der Waals surface area contributed by atoms with Gasteiger partial charge in [-0.1, -0.05) is 0 Å². The third kappa shape index (κ3) is 2.54. The van der Waals surface area contributed by atoms with Crippen LogP contribution in [0.3, 0.4) is 0 Å². The molecule has 0 atom stereocenters. The van der Waals surface area contributed by atoms with Crippen LogP contribution in [-0.4, -0.2) is 56.8 Å². The zero-order valence-corrected chi connectivity index (χ0v) is 10.0. The first kappa shape index (κ1) is 12.6. The van der Waals surface area contributed by atoms with Crippen LogP contribution in [0.4, 0.5) is 0 Å². The van der Waals surface area contributed by atoms with Gasteiger partial charge in [-0.2, -0.15) is 0 Å². The topological polar surface area (TPSA) is 84.1 Å². The Bertz CT molecular complexity index is 372. The summed E-state index contributed by atoms with van der Waals surface area (Å²) in [5.74, 6) is -0.369. The number of carboxylic acids is 1. The number of tetrazole rings is 1. The van der Waals surface area contributed by atoms with Crippen LogP contribution in [0.15, 0.2) is 0 Å². The lowest BCUT2D eigenvalue weighted by Gasteiger charge is -2.20. The van der Waals surface area contributed by atoms with Crippen LogP contribution in [0.25, 0.3) is 0 Å². The molecule has 1 aromatic heterocycles. The average Bonchev–Trinajstić information content (AvgIpc) is 2.62. The highest BCUT2D eigenvalue weighted by molar-refractivity contribution is 5.75. The van der Waals surface area contributed by atoms with Gasteiger partial charge in [0.2, 0.25) is 0 Å². The number of aliphatic carboxylic acids is 1. The van der Waals surface area contributed by atoms with Crippen molar-refractivity contribution in [3.05, 3.63) is 5.82 Å². The molecule has 0 aromatic carbocycles. The number of likely N-dealkylation sites (N-methyl/N-ethyl adjacent to an activating group) is 1. The number of nitrogens with zero attached hydrogens (tertiary/aromatic N) is 5. The second kappa shape index (κ2) is 4.56. The van der Waals surface area contributed by atoms with E-state index < -0.39 is 11.5 Å². The van der Waals surface area contributed by atoms with E-state index in [1.165, 1.54) is 4.68 Å². The van der Waals surface area contributed by atoms with Crippen molar-refractivity contribution in [2.24, 2.45) is 0 Å². The molecule has 0 bridgehead atoms. The number of carbonyl (C=O) groups is 1. The predicted molar refractivity (Wildman–Crippen MR) is 57.0 cm³/mol. The standard InChI is InChI=1S/C9H17N5O2/c1-9(2,8(15)16)14-7(10-11-12-14)5-6-13(3)4/h5-6H2,1-4H3,(H,15,16). The lowest BCUT2D eigenvalue weighted by molar-refractivity contribution is -0.146. The number of hydrogen-bond acceptors (Lipinski definition) is 5. The van der Waals surface area contributed by atoms with Gasteiger partial charge in [-0.05, 0) is 38.4 Å². The molecule has 0 aliphatic carbocycles. The summed E-state index contributed by atoms with van der Waals surface area (Å²) in [7, 11) is 3.88. The minimum atomic E-state index is -1.12. The van der Waals surface area contributed by atoms with E-state index in [1.54, 1.807) is 13.8 Å². The molecule has 1 rings (SSSR count). The molecular weight excluding hydrogens is 210 g/mol. The Morgan fingerprint density at radius 2 is 2.12 bits per heavy atom. The molecule has 16 heavy (non-hydrogen) atoms. The molecule has 0 spiro atoms. The Morgan fingerprint density at radius 3 is 2.62 bits per heavy atom. The fraction of sp³-hybridized carbons (Fsp3) is 0.778. The number of aromatic nitrogens is 4. The molecule has 0 saturated heterocycles. The van der Waals surface area contributed by atoms with E-state index in [0.29, 0.717) is 12.2 Å². The summed E-state index contributed by atoms with van der Waals surface area (Å²) in [5, 5.41) is 20.2. The third-order valence-corrected chi connectivity index (χ3v) is 2.37. The maximum absolute atomic E-state index is 11.1. The zero-order valence-electron chi connectivity index (χ0n) is 10.0. The highest BCUT2D eigenvalue weighted by Crippen LogP contribution is 2.15.